The van der Waals surface area contributed by atoms with E-state index in [1.165, 1.54) is 16.3 Å². The molecule has 30 heavy (non-hydrogen) atoms. The van der Waals surface area contributed by atoms with Crippen molar-refractivity contribution >= 4 is 33.8 Å². The second kappa shape index (κ2) is 7.92. The minimum Gasteiger partial charge on any atom is -0.378 e. The average molecular weight is 399 g/mol. The summed E-state index contributed by atoms with van der Waals surface area (Å²) in [7, 11) is 0. The van der Waals surface area contributed by atoms with Crippen molar-refractivity contribution in [2.45, 2.75) is 19.9 Å². The van der Waals surface area contributed by atoms with Crippen LogP contribution in [0.5, 0.6) is 0 Å². The van der Waals surface area contributed by atoms with Gasteiger partial charge in [0.2, 0.25) is 0 Å². The molecule has 1 fully saturated rings. The van der Waals surface area contributed by atoms with E-state index in [-0.39, 0.29) is 0 Å². The third-order valence-corrected chi connectivity index (χ3v) is 6.00. The highest BCUT2D eigenvalue weighted by atomic mass is 16.5. The molecule has 0 atom stereocenters. The molecule has 5 nitrogen and oxygen atoms in total. The number of rotatable bonds is 5. The van der Waals surface area contributed by atoms with Gasteiger partial charge in [0, 0.05) is 31.7 Å². The quantitative estimate of drug-likeness (QED) is 0.474. The number of hydrogen-bond donors (Lipinski definition) is 0. The molecule has 0 aliphatic carbocycles. The molecule has 1 saturated heterocycles. The van der Waals surface area contributed by atoms with Crippen LogP contribution in [-0.2, 0) is 22.5 Å². The lowest BCUT2D eigenvalue weighted by Crippen LogP contribution is -2.36. The van der Waals surface area contributed by atoms with E-state index >= 15 is 0 Å². The maximum absolute atomic E-state index is 11.4. The number of nitrogens with zero attached hydrogens (tertiary/aromatic N) is 3. The zero-order chi connectivity index (χ0) is 20.5. The van der Waals surface area contributed by atoms with Gasteiger partial charge >= 0.3 is 0 Å². The number of aldehydes is 1. The van der Waals surface area contributed by atoms with Gasteiger partial charge in [0.15, 0.2) is 0 Å². The molecule has 0 radical (unpaired) electrons. The van der Waals surface area contributed by atoms with Crippen molar-refractivity contribution in [1.29, 1.82) is 0 Å². The number of fused-ring (bicyclic) bond motifs is 2. The summed E-state index contributed by atoms with van der Waals surface area (Å²) in [4.78, 5) is 18.6. The van der Waals surface area contributed by atoms with E-state index in [9.17, 15) is 4.79 Å². The first-order valence-corrected chi connectivity index (χ1v) is 10.5. The Labute approximate surface area is 175 Å². The maximum atomic E-state index is 11.4. The highest BCUT2D eigenvalue weighted by Crippen LogP contribution is 2.29. The second-order valence-corrected chi connectivity index (χ2v) is 7.83. The van der Waals surface area contributed by atoms with Gasteiger partial charge in [-0.3, -0.25) is 0 Å². The lowest BCUT2D eigenvalue weighted by molar-refractivity contribution is -0.107. The molecule has 0 saturated carbocycles. The number of anilines is 1. The molecule has 0 bridgehead atoms. The number of morpholine rings is 1. The Morgan fingerprint density at radius 3 is 2.67 bits per heavy atom. The van der Waals surface area contributed by atoms with Crippen molar-refractivity contribution in [3.05, 3.63) is 71.5 Å². The third kappa shape index (κ3) is 3.35. The molecule has 5 heteroatoms. The predicted octanol–water partition coefficient (Wildman–Crippen LogP) is 4.12. The molecule has 0 amide bonds. The number of aromatic nitrogens is 2. The van der Waals surface area contributed by atoms with E-state index in [0.717, 1.165) is 67.2 Å². The molecule has 3 aromatic carbocycles. The molecule has 4 aromatic rings. The molecule has 1 aromatic heterocycles. The van der Waals surface area contributed by atoms with Crippen LogP contribution in [0, 0.1) is 6.92 Å². The molecule has 5 rings (SSSR count). The summed E-state index contributed by atoms with van der Waals surface area (Å²) >= 11 is 0. The zero-order valence-corrected chi connectivity index (χ0v) is 17.2. The van der Waals surface area contributed by atoms with Crippen molar-refractivity contribution in [2.75, 3.05) is 31.2 Å². The Balaban J connectivity index is 1.64. The van der Waals surface area contributed by atoms with Crippen molar-refractivity contribution in [3.8, 4) is 0 Å². The number of aryl methyl sites for hydroxylation is 1. The number of carbonyl (C=O) groups excluding carboxylic acids is 1. The van der Waals surface area contributed by atoms with Crippen LogP contribution in [0.1, 0.15) is 17.0 Å². The summed E-state index contributed by atoms with van der Waals surface area (Å²) in [6, 6.07) is 19.3. The van der Waals surface area contributed by atoms with Gasteiger partial charge in [0.1, 0.15) is 12.1 Å². The van der Waals surface area contributed by atoms with Crippen molar-refractivity contribution in [2.24, 2.45) is 0 Å². The van der Waals surface area contributed by atoms with Crippen molar-refractivity contribution in [3.63, 3.8) is 0 Å². The Kier molecular flexibility index (Phi) is 4.97. The van der Waals surface area contributed by atoms with Gasteiger partial charge < -0.3 is 19.0 Å². The van der Waals surface area contributed by atoms with Crippen LogP contribution in [-0.4, -0.2) is 42.1 Å². The second-order valence-electron chi connectivity index (χ2n) is 7.83. The molecule has 0 N–H and O–H groups in total. The molecule has 1 aliphatic rings. The average Bonchev–Trinajstić information content (AvgIpc) is 3.10. The summed E-state index contributed by atoms with van der Waals surface area (Å²) in [6.45, 7) is 5.98. The molecule has 1 aliphatic heterocycles. The van der Waals surface area contributed by atoms with E-state index in [1.54, 1.807) is 0 Å². The fraction of sp³-hybridized carbons (Fsp3) is 0.280. The summed E-state index contributed by atoms with van der Waals surface area (Å²) < 4.78 is 7.79. The Bertz CT molecular complexity index is 1220. The summed E-state index contributed by atoms with van der Waals surface area (Å²) in [5.74, 6) is 0.962. The molecule has 0 unspecified atom stereocenters. The number of hydrogen-bond acceptors (Lipinski definition) is 4. The first-order chi connectivity index (χ1) is 14.7. The predicted molar refractivity (Wildman–Crippen MR) is 120 cm³/mol. The smallest absolute Gasteiger partial charge is 0.124 e. The fourth-order valence-corrected chi connectivity index (χ4v) is 4.44. The van der Waals surface area contributed by atoms with Crippen LogP contribution in [0.2, 0.25) is 0 Å². The summed E-state index contributed by atoms with van der Waals surface area (Å²) in [5.41, 5.74) is 5.41. The van der Waals surface area contributed by atoms with Crippen LogP contribution >= 0.6 is 0 Å². The Morgan fingerprint density at radius 1 is 1.03 bits per heavy atom. The van der Waals surface area contributed by atoms with E-state index in [1.807, 2.05) is 6.92 Å². The highest BCUT2D eigenvalue weighted by molar-refractivity contribution is 5.88. The topological polar surface area (TPSA) is 47.4 Å². The molecule has 0 spiro atoms. The number of imidazole rings is 1. The SMILES string of the molecule is Cc1nc2c(CC=O)cc(N3CCOCC3)cc2n1Cc1cccc2ccccc12. The number of carbonyl (C=O) groups is 1. The van der Waals surface area contributed by atoms with Crippen LogP contribution in [0.3, 0.4) is 0 Å². The highest BCUT2D eigenvalue weighted by Gasteiger charge is 2.18. The van der Waals surface area contributed by atoms with Crippen LogP contribution < -0.4 is 4.90 Å². The number of ether oxygens (including phenoxy) is 1. The van der Waals surface area contributed by atoms with Gasteiger partial charge in [-0.2, -0.15) is 0 Å². The monoisotopic (exact) mass is 399 g/mol. The molecular weight excluding hydrogens is 374 g/mol. The zero-order valence-electron chi connectivity index (χ0n) is 17.2. The van der Waals surface area contributed by atoms with Crippen molar-refractivity contribution < 1.29 is 9.53 Å². The minimum absolute atomic E-state index is 0.374. The Hall–Kier alpha value is -3.18. The first-order valence-electron chi connectivity index (χ1n) is 10.5. The standard InChI is InChI=1S/C25H25N3O2/c1-18-26-25-20(9-12-29)15-22(27-10-13-30-14-11-27)16-24(25)28(18)17-21-7-4-6-19-5-2-3-8-23(19)21/h2-8,12,15-16H,9-11,13-14,17H2,1H3. The van der Waals surface area contributed by atoms with Gasteiger partial charge in [-0.05, 0) is 41.0 Å². The Morgan fingerprint density at radius 2 is 1.83 bits per heavy atom. The maximum Gasteiger partial charge on any atom is 0.124 e. The van der Waals surface area contributed by atoms with Crippen LogP contribution in [0.4, 0.5) is 5.69 Å². The largest absolute Gasteiger partial charge is 0.378 e. The minimum atomic E-state index is 0.374. The lowest BCUT2D eigenvalue weighted by Gasteiger charge is -2.29. The van der Waals surface area contributed by atoms with Crippen molar-refractivity contribution in [1.82, 2.24) is 9.55 Å². The number of benzene rings is 3. The van der Waals surface area contributed by atoms with E-state index in [2.05, 4.69) is 64.1 Å². The molecule has 152 valence electrons. The fourth-order valence-electron chi connectivity index (χ4n) is 4.44. The summed E-state index contributed by atoms with van der Waals surface area (Å²) in [5, 5.41) is 2.51. The third-order valence-electron chi connectivity index (χ3n) is 6.00. The lowest BCUT2D eigenvalue weighted by atomic mass is 10.0. The summed E-state index contributed by atoms with van der Waals surface area (Å²) in [6.07, 6.45) is 1.34. The van der Waals surface area contributed by atoms with E-state index in [4.69, 9.17) is 9.72 Å². The van der Waals surface area contributed by atoms with Gasteiger partial charge in [-0.15, -0.1) is 0 Å². The van der Waals surface area contributed by atoms with Gasteiger partial charge in [0.25, 0.3) is 0 Å². The molecular formula is C25H25N3O2. The first kappa shape index (κ1) is 18.8. The van der Waals surface area contributed by atoms with Gasteiger partial charge in [-0.1, -0.05) is 42.5 Å². The van der Waals surface area contributed by atoms with Gasteiger partial charge in [-0.25, -0.2) is 4.98 Å². The van der Waals surface area contributed by atoms with E-state index < -0.39 is 0 Å². The normalized spacial score (nSPS) is 14.5. The van der Waals surface area contributed by atoms with E-state index in [0.29, 0.717) is 6.42 Å². The van der Waals surface area contributed by atoms with Crippen LogP contribution in [0.25, 0.3) is 21.8 Å². The van der Waals surface area contributed by atoms with Gasteiger partial charge in [0.05, 0.1) is 24.2 Å². The molecule has 2 heterocycles. The van der Waals surface area contributed by atoms with Crippen LogP contribution in [0.15, 0.2) is 54.6 Å².